The van der Waals surface area contributed by atoms with Crippen LogP contribution in [0.5, 0.6) is 0 Å². The summed E-state index contributed by atoms with van der Waals surface area (Å²) in [6, 6.07) is 1.11. The summed E-state index contributed by atoms with van der Waals surface area (Å²) < 4.78 is 0. The third-order valence-electron chi connectivity index (χ3n) is 3.22. The molecule has 0 spiro atoms. The second-order valence-electron chi connectivity index (χ2n) is 4.74. The average molecular weight is 211 g/mol. The molecule has 0 bridgehead atoms. The summed E-state index contributed by atoms with van der Waals surface area (Å²) >= 11 is 0. The van der Waals surface area contributed by atoms with Gasteiger partial charge in [0.2, 0.25) is 0 Å². The highest BCUT2D eigenvalue weighted by Gasteiger charge is 2.25. The van der Waals surface area contributed by atoms with E-state index in [1.54, 1.807) is 0 Å². The van der Waals surface area contributed by atoms with E-state index >= 15 is 0 Å². The van der Waals surface area contributed by atoms with Gasteiger partial charge >= 0.3 is 6.03 Å². The second-order valence-corrected chi connectivity index (χ2v) is 4.74. The topological polar surface area (TPSA) is 53.2 Å². The molecular weight excluding hydrogens is 190 g/mol. The van der Waals surface area contributed by atoms with E-state index in [-0.39, 0.29) is 12.1 Å². The first-order valence-electron chi connectivity index (χ1n) is 6.06. The SMILES string of the molecule is CC(NC(=O)NC1CC1)C1CCCCN1. The van der Waals surface area contributed by atoms with E-state index in [0.29, 0.717) is 12.1 Å². The Labute approximate surface area is 91.2 Å². The van der Waals surface area contributed by atoms with Crippen molar-refractivity contribution >= 4 is 6.03 Å². The molecule has 2 unspecified atom stereocenters. The lowest BCUT2D eigenvalue weighted by Gasteiger charge is -2.29. The number of carbonyl (C=O) groups excluding carboxylic acids is 1. The van der Waals surface area contributed by atoms with Crippen LogP contribution in [0.3, 0.4) is 0 Å². The molecule has 2 atom stereocenters. The van der Waals surface area contributed by atoms with Crippen molar-refractivity contribution in [3.05, 3.63) is 0 Å². The number of piperidine rings is 1. The lowest BCUT2D eigenvalue weighted by atomic mass is 9.99. The van der Waals surface area contributed by atoms with Gasteiger partial charge in [0.1, 0.15) is 0 Å². The van der Waals surface area contributed by atoms with Crippen molar-refractivity contribution in [2.45, 2.75) is 57.2 Å². The minimum Gasteiger partial charge on any atom is -0.335 e. The van der Waals surface area contributed by atoms with E-state index < -0.39 is 0 Å². The Kier molecular flexibility index (Phi) is 3.46. The molecule has 4 heteroatoms. The number of nitrogens with one attached hydrogen (secondary N) is 3. The molecule has 3 N–H and O–H groups in total. The molecule has 15 heavy (non-hydrogen) atoms. The molecule has 2 aliphatic rings. The van der Waals surface area contributed by atoms with Crippen LogP contribution in [0.2, 0.25) is 0 Å². The zero-order chi connectivity index (χ0) is 10.7. The van der Waals surface area contributed by atoms with Gasteiger partial charge in [-0.25, -0.2) is 4.79 Å². The molecule has 86 valence electrons. The van der Waals surface area contributed by atoms with Crippen LogP contribution >= 0.6 is 0 Å². The molecule has 2 rings (SSSR count). The Hall–Kier alpha value is -0.770. The van der Waals surface area contributed by atoms with Gasteiger partial charge in [0.15, 0.2) is 0 Å². The molecule has 4 nitrogen and oxygen atoms in total. The van der Waals surface area contributed by atoms with E-state index in [0.717, 1.165) is 19.4 Å². The molecule has 1 aliphatic heterocycles. The van der Waals surface area contributed by atoms with Crippen molar-refractivity contribution in [2.24, 2.45) is 0 Å². The Morgan fingerprint density at radius 2 is 2.13 bits per heavy atom. The third kappa shape index (κ3) is 3.38. The van der Waals surface area contributed by atoms with Gasteiger partial charge in [0.05, 0.1) is 0 Å². The zero-order valence-electron chi connectivity index (χ0n) is 9.38. The van der Waals surface area contributed by atoms with Gasteiger partial charge in [-0.15, -0.1) is 0 Å². The normalized spacial score (nSPS) is 28.2. The number of carbonyl (C=O) groups is 1. The standard InChI is InChI=1S/C11H21N3O/c1-8(10-4-2-3-7-12-10)13-11(15)14-9-5-6-9/h8-10,12H,2-7H2,1H3,(H2,13,14,15). The number of urea groups is 1. The minimum atomic E-state index is -0.00243. The first kappa shape index (κ1) is 10.7. The highest BCUT2D eigenvalue weighted by molar-refractivity contribution is 5.74. The monoisotopic (exact) mass is 211 g/mol. The molecule has 1 heterocycles. The summed E-state index contributed by atoms with van der Waals surface area (Å²) in [7, 11) is 0. The third-order valence-corrected chi connectivity index (χ3v) is 3.22. The van der Waals surface area contributed by atoms with E-state index in [9.17, 15) is 4.79 Å². The van der Waals surface area contributed by atoms with Crippen LogP contribution in [0, 0.1) is 0 Å². The maximum absolute atomic E-state index is 11.5. The summed E-state index contributed by atoms with van der Waals surface area (Å²) in [6.07, 6.45) is 5.99. The van der Waals surface area contributed by atoms with Crippen LogP contribution in [0.1, 0.15) is 39.0 Å². The predicted molar refractivity (Wildman–Crippen MR) is 59.8 cm³/mol. The van der Waals surface area contributed by atoms with Crippen molar-refractivity contribution in [1.82, 2.24) is 16.0 Å². The molecule has 0 aromatic rings. The van der Waals surface area contributed by atoms with Crippen LogP contribution < -0.4 is 16.0 Å². The lowest BCUT2D eigenvalue weighted by Crippen LogP contribution is -2.52. The highest BCUT2D eigenvalue weighted by atomic mass is 16.2. The second kappa shape index (κ2) is 4.84. The van der Waals surface area contributed by atoms with Crippen molar-refractivity contribution < 1.29 is 4.79 Å². The van der Waals surface area contributed by atoms with E-state index in [1.165, 1.54) is 19.3 Å². The molecule has 2 fully saturated rings. The van der Waals surface area contributed by atoms with E-state index in [4.69, 9.17) is 0 Å². The van der Waals surface area contributed by atoms with Gasteiger partial charge in [-0.1, -0.05) is 6.42 Å². The van der Waals surface area contributed by atoms with Gasteiger partial charge < -0.3 is 16.0 Å². The smallest absolute Gasteiger partial charge is 0.315 e. The fourth-order valence-electron chi connectivity index (χ4n) is 2.07. The zero-order valence-corrected chi connectivity index (χ0v) is 9.38. The molecule has 1 aliphatic carbocycles. The first-order chi connectivity index (χ1) is 7.25. The molecule has 0 aromatic carbocycles. The molecule has 1 saturated heterocycles. The van der Waals surface area contributed by atoms with Crippen LogP contribution in [0.4, 0.5) is 4.79 Å². The van der Waals surface area contributed by atoms with Crippen molar-refractivity contribution in [1.29, 1.82) is 0 Å². The van der Waals surface area contributed by atoms with Gasteiger partial charge in [-0.2, -0.15) is 0 Å². The van der Waals surface area contributed by atoms with Gasteiger partial charge in [0.25, 0.3) is 0 Å². The highest BCUT2D eigenvalue weighted by Crippen LogP contribution is 2.18. The maximum Gasteiger partial charge on any atom is 0.315 e. The molecule has 2 amide bonds. The summed E-state index contributed by atoms with van der Waals surface area (Å²) in [6.45, 7) is 3.16. The predicted octanol–water partition coefficient (Wildman–Crippen LogP) is 0.979. The molecular formula is C11H21N3O. The fourth-order valence-corrected chi connectivity index (χ4v) is 2.07. The largest absolute Gasteiger partial charge is 0.335 e. The van der Waals surface area contributed by atoms with Gasteiger partial charge in [-0.3, -0.25) is 0 Å². The summed E-state index contributed by atoms with van der Waals surface area (Å²) in [5.74, 6) is 0. The first-order valence-corrected chi connectivity index (χ1v) is 6.06. The quantitative estimate of drug-likeness (QED) is 0.652. The van der Waals surface area contributed by atoms with Crippen LogP contribution in [-0.2, 0) is 0 Å². The summed E-state index contributed by atoms with van der Waals surface area (Å²) in [5, 5.41) is 9.41. The Morgan fingerprint density at radius 1 is 1.33 bits per heavy atom. The maximum atomic E-state index is 11.5. The number of rotatable bonds is 3. The van der Waals surface area contributed by atoms with Gasteiger partial charge in [0, 0.05) is 18.1 Å². The number of amides is 2. The molecule has 1 saturated carbocycles. The van der Waals surface area contributed by atoms with Crippen molar-refractivity contribution in [2.75, 3.05) is 6.54 Å². The summed E-state index contributed by atoms with van der Waals surface area (Å²) in [4.78, 5) is 11.5. The van der Waals surface area contributed by atoms with Crippen LogP contribution in [0.15, 0.2) is 0 Å². The van der Waals surface area contributed by atoms with Crippen molar-refractivity contribution in [3.63, 3.8) is 0 Å². The van der Waals surface area contributed by atoms with Crippen molar-refractivity contribution in [3.8, 4) is 0 Å². The number of hydrogen-bond acceptors (Lipinski definition) is 2. The Balaban J connectivity index is 1.69. The van der Waals surface area contributed by atoms with Crippen LogP contribution in [-0.4, -0.2) is 30.7 Å². The minimum absolute atomic E-state index is 0.00243. The number of hydrogen-bond donors (Lipinski definition) is 3. The van der Waals surface area contributed by atoms with Gasteiger partial charge in [-0.05, 0) is 39.2 Å². The average Bonchev–Trinajstić information content (AvgIpc) is 3.03. The summed E-state index contributed by atoms with van der Waals surface area (Å²) in [5.41, 5.74) is 0. The Bertz CT molecular complexity index is 222. The molecule has 0 aromatic heterocycles. The van der Waals surface area contributed by atoms with E-state index in [1.807, 2.05) is 0 Å². The molecule has 0 radical (unpaired) electrons. The van der Waals surface area contributed by atoms with E-state index in [2.05, 4.69) is 22.9 Å². The fraction of sp³-hybridized carbons (Fsp3) is 0.909. The lowest BCUT2D eigenvalue weighted by molar-refractivity contribution is 0.231. The Morgan fingerprint density at radius 3 is 2.73 bits per heavy atom. The van der Waals surface area contributed by atoms with Crippen LogP contribution in [0.25, 0.3) is 0 Å².